The first-order chi connectivity index (χ1) is 6.79. The lowest BCUT2D eigenvalue weighted by atomic mass is 10.1. The SMILES string of the molecule is C=CCCNc1cccc(C#N)c1C. The summed E-state index contributed by atoms with van der Waals surface area (Å²) in [6.07, 6.45) is 2.80. The van der Waals surface area contributed by atoms with Gasteiger partial charge in [0, 0.05) is 12.2 Å². The topological polar surface area (TPSA) is 35.8 Å². The van der Waals surface area contributed by atoms with E-state index in [1.165, 1.54) is 0 Å². The molecule has 0 atom stereocenters. The molecular weight excluding hydrogens is 172 g/mol. The molecule has 0 heterocycles. The van der Waals surface area contributed by atoms with E-state index in [4.69, 9.17) is 5.26 Å². The predicted molar refractivity (Wildman–Crippen MR) is 59.2 cm³/mol. The van der Waals surface area contributed by atoms with Crippen molar-refractivity contribution in [1.82, 2.24) is 0 Å². The molecule has 0 spiro atoms. The number of benzene rings is 1. The van der Waals surface area contributed by atoms with Crippen molar-refractivity contribution in [3.05, 3.63) is 42.0 Å². The van der Waals surface area contributed by atoms with Gasteiger partial charge in [0.05, 0.1) is 11.6 Å². The third-order valence-corrected chi connectivity index (χ3v) is 2.12. The Bertz CT molecular complexity index is 361. The minimum absolute atomic E-state index is 0.730. The van der Waals surface area contributed by atoms with Crippen LogP contribution < -0.4 is 5.32 Å². The Morgan fingerprint density at radius 2 is 2.36 bits per heavy atom. The second-order valence-electron chi connectivity index (χ2n) is 3.09. The molecule has 0 bridgehead atoms. The molecule has 72 valence electrons. The summed E-state index contributed by atoms with van der Waals surface area (Å²) in [5, 5.41) is 12.1. The standard InChI is InChI=1S/C12H14N2/c1-3-4-8-14-12-7-5-6-11(9-13)10(12)2/h3,5-7,14H,1,4,8H2,2H3. The normalized spacial score (nSPS) is 9.14. The van der Waals surface area contributed by atoms with Crippen LogP contribution >= 0.6 is 0 Å². The Kier molecular flexibility index (Phi) is 3.75. The number of nitrogens with one attached hydrogen (secondary N) is 1. The fourth-order valence-electron chi connectivity index (χ4n) is 1.26. The van der Waals surface area contributed by atoms with Crippen molar-refractivity contribution in [1.29, 1.82) is 5.26 Å². The minimum atomic E-state index is 0.730. The lowest BCUT2D eigenvalue weighted by Gasteiger charge is -2.08. The summed E-state index contributed by atoms with van der Waals surface area (Å²) in [5.41, 5.74) is 2.78. The number of nitriles is 1. The van der Waals surface area contributed by atoms with Gasteiger partial charge in [-0.15, -0.1) is 6.58 Å². The minimum Gasteiger partial charge on any atom is -0.384 e. The molecule has 0 fully saturated rings. The van der Waals surface area contributed by atoms with Crippen molar-refractivity contribution >= 4 is 5.69 Å². The van der Waals surface area contributed by atoms with Gasteiger partial charge in [0.2, 0.25) is 0 Å². The van der Waals surface area contributed by atoms with Gasteiger partial charge >= 0.3 is 0 Å². The van der Waals surface area contributed by atoms with Crippen molar-refractivity contribution in [3.63, 3.8) is 0 Å². The molecule has 14 heavy (non-hydrogen) atoms. The third kappa shape index (κ3) is 2.37. The van der Waals surface area contributed by atoms with Crippen LogP contribution in [0, 0.1) is 18.3 Å². The van der Waals surface area contributed by atoms with Crippen LogP contribution in [0.5, 0.6) is 0 Å². The van der Waals surface area contributed by atoms with E-state index in [1.54, 1.807) is 0 Å². The average molecular weight is 186 g/mol. The van der Waals surface area contributed by atoms with Gasteiger partial charge in [0.1, 0.15) is 0 Å². The van der Waals surface area contributed by atoms with E-state index in [0.717, 1.165) is 29.8 Å². The second kappa shape index (κ2) is 5.08. The first-order valence-electron chi connectivity index (χ1n) is 4.64. The highest BCUT2D eigenvalue weighted by molar-refractivity contribution is 5.57. The Labute approximate surface area is 84.9 Å². The summed E-state index contributed by atoms with van der Waals surface area (Å²) in [6, 6.07) is 7.87. The van der Waals surface area contributed by atoms with E-state index in [-0.39, 0.29) is 0 Å². The molecule has 1 aromatic rings. The zero-order chi connectivity index (χ0) is 10.4. The highest BCUT2D eigenvalue weighted by atomic mass is 14.9. The van der Waals surface area contributed by atoms with Crippen molar-refractivity contribution in [3.8, 4) is 6.07 Å². The number of nitrogens with zero attached hydrogens (tertiary/aromatic N) is 1. The van der Waals surface area contributed by atoms with Crippen molar-refractivity contribution < 1.29 is 0 Å². The van der Waals surface area contributed by atoms with Gasteiger partial charge in [-0.2, -0.15) is 5.26 Å². The molecule has 0 aliphatic carbocycles. The fraction of sp³-hybridized carbons (Fsp3) is 0.250. The fourth-order valence-corrected chi connectivity index (χ4v) is 1.26. The molecule has 0 aliphatic heterocycles. The molecule has 0 aromatic heterocycles. The van der Waals surface area contributed by atoms with Gasteiger partial charge < -0.3 is 5.32 Å². The second-order valence-corrected chi connectivity index (χ2v) is 3.09. The van der Waals surface area contributed by atoms with E-state index >= 15 is 0 Å². The molecule has 0 saturated heterocycles. The van der Waals surface area contributed by atoms with Gasteiger partial charge in [-0.3, -0.25) is 0 Å². The van der Waals surface area contributed by atoms with Crippen molar-refractivity contribution in [2.24, 2.45) is 0 Å². The molecule has 1 rings (SSSR count). The summed E-state index contributed by atoms with van der Waals surface area (Å²) < 4.78 is 0. The van der Waals surface area contributed by atoms with Crippen LogP contribution in [0.1, 0.15) is 17.5 Å². The number of hydrogen-bond acceptors (Lipinski definition) is 2. The number of hydrogen-bond donors (Lipinski definition) is 1. The molecule has 0 aliphatic rings. The monoisotopic (exact) mass is 186 g/mol. The van der Waals surface area contributed by atoms with Gasteiger partial charge in [0.25, 0.3) is 0 Å². The largest absolute Gasteiger partial charge is 0.384 e. The van der Waals surface area contributed by atoms with E-state index in [9.17, 15) is 0 Å². The lowest BCUT2D eigenvalue weighted by Crippen LogP contribution is -2.02. The summed E-state index contributed by atoms with van der Waals surface area (Å²) in [5.74, 6) is 0. The molecule has 1 aromatic carbocycles. The first kappa shape index (κ1) is 10.3. The number of anilines is 1. The Balaban J connectivity index is 2.77. The predicted octanol–water partition coefficient (Wildman–Crippen LogP) is 2.85. The molecule has 2 heteroatoms. The first-order valence-corrected chi connectivity index (χ1v) is 4.64. The van der Waals surface area contributed by atoms with Crippen LogP contribution in [-0.2, 0) is 0 Å². The van der Waals surface area contributed by atoms with Gasteiger partial charge in [0.15, 0.2) is 0 Å². The van der Waals surface area contributed by atoms with E-state index in [1.807, 2.05) is 31.2 Å². The molecule has 0 unspecified atom stereocenters. The zero-order valence-corrected chi connectivity index (χ0v) is 8.38. The van der Waals surface area contributed by atoms with Crippen LogP contribution in [0.3, 0.4) is 0 Å². The zero-order valence-electron chi connectivity index (χ0n) is 8.38. The van der Waals surface area contributed by atoms with E-state index in [0.29, 0.717) is 0 Å². The van der Waals surface area contributed by atoms with E-state index < -0.39 is 0 Å². The van der Waals surface area contributed by atoms with Crippen LogP contribution in [0.25, 0.3) is 0 Å². The molecule has 0 saturated carbocycles. The number of rotatable bonds is 4. The van der Waals surface area contributed by atoms with Crippen LogP contribution in [0.4, 0.5) is 5.69 Å². The van der Waals surface area contributed by atoms with Gasteiger partial charge in [-0.25, -0.2) is 0 Å². The Morgan fingerprint density at radius 3 is 3.00 bits per heavy atom. The Morgan fingerprint density at radius 1 is 1.57 bits per heavy atom. The Hall–Kier alpha value is -1.75. The van der Waals surface area contributed by atoms with Crippen LogP contribution in [0.15, 0.2) is 30.9 Å². The smallest absolute Gasteiger partial charge is 0.0995 e. The summed E-state index contributed by atoms with van der Waals surface area (Å²) in [4.78, 5) is 0. The lowest BCUT2D eigenvalue weighted by molar-refractivity contribution is 1.06. The molecule has 0 radical (unpaired) electrons. The maximum Gasteiger partial charge on any atom is 0.0995 e. The van der Waals surface area contributed by atoms with Crippen molar-refractivity contribution in [2.75, 3.05) is 11.9 Å². The van der Waals surface area contributed by atoms with Crippen LogP contribution in [-0.4, -0.2) is 6.54 Å². The van der Waals surface area contributed by atoms with Crippen LogP contribution in [0.2, 0.25) is 0 Å². The van der Waals surface area contributed by atoms with Crippen molar-refractivity contribution in [2.45, 2.75) is 13.3 Å². The average Bonchev–Trinajstić information content (AvgIpc) is 2.21. The third-order valence-electron chi connectivity index (χ3n) is 2.12. The van der Waals surface area contributed by atoms with E-state index in [2.05, 4.69) is 18.0 Å². The molecule has 0 amide bonds. The summed E-state index contributed by atoms with van der Waals surface area (Å²) in [6.45, 7) is 6.47. The van der Waals surface area contributed by atoms with Gasteiger partial charge in [-0.05, 0) is 31.0 Å². The van der Waals surface area contributed by atoms with Gasteiger partial charge in [-0.1, -0.05) is 12.1 Å². The quantitative estimate of drug-likeness (QED) is 0.579. The summed E-state index contributed by atoms with van der Waals surface area (Å²) in [7, 11) is 0. The molecule has 1 N–H and O–H groups in total. The molecule has 2 nitrogen and oxygen atoms in total. The highest BCUT2D eigenvalue weighted by Gasteiger charge is 2.01. The highest BCUT2D eigenvalue weighted by Crippen LogP contribution is 2.17. The summed E-state index contributed by atoms with van der Waals surface area (Å²) >= 11 is 0. The maximum atomic E-state index is 8.82. The maximum absolute atomic E-state index is 8.82. The molecular formula is C12H14N2.